The number of ether oxygens (including phenoxy) is 1. The van der Waals surface area contributed by atoms with Crippen LogP contribution in [0.3, 0.4) is 0 Å². The summed E-state index contributed by atoms with van der Waals surface area (Å²) in [6.07, 6.45) is 3.49. The number of unbranched alkanes of at least 4 members (excludes halogenated alkanes) is 3. The van der Waals surface area contributed by atoms with Crippen molar-refractivity contribution in [3.05, 3.63) is 0 Å². The topological polar surface area (TPSA) is 101 Å². The Morgan fingerprint density at radius 3 is 2.40 bits per heavy atom. The van der Waals surface area contributed by atoms with Gasteiger partial charge in [0.25, 0.3) is 0 Å². The summed E-state index contributed by atoms with van der Waals surface area (Å²) in [5.74, 6) is -2.15. The van der Waals surface area contributed by atoms with Gasteiger partial charge in [0.1, 0.15) is 0 Å². The van der Waals surface area contributed by atoms with Crippen molar-refractivity contribution < 1.29 is 46.2 Å². The third kappa shape index (κ3) is 6.40. The molecular weight excluding hydrogens is 279 g/mol. The fourth-order valence-electron chi connectivity index (χ4n) is 2.20. The monoisotopic (exact) mass is 298 g/mol. The number of carbonyl (C=O) groups is 2. The Morgan fingerprint density at radius 1 is 1.30 bits per heavy atom. The van der Waals surface area contributed by atoms with Crippen molar-refractivity contribution in [2.45, 2.75) is 57.1 Å². The van der Waals surface area contributed by atoms with E-state index in [-0.39, 0.29) is 38.1 Å². The molecule has 0 aromatic heterocycles. The number of hydrogen-bond donors (Lipinski definition) is 0. The molecule has 1 aliphatic rings. The molecule has 0 aliphatic carbocycles. The van der Waals surface area contributed by atoms with Crippen LogP contribution in [0.5, 0.6) is 0 Å². The van der Waals surface area contributed by atoms with E-state index >= 15 is 0 Å². The molecular formula is C12H19LiO6S. The average Bonchev–Trinajstić information content (AvgIpc) is 2.60. The maximum Gasteiger partial charge on any atom is 1.00 e. The maximum atomic E-state index is 11.3. The molecule has 20 heavy (non-hydrogen) atoms. The van der Waals surface area contributed by atoms with Gasteiger partial charge >= 0.3 is 30.8 Å². The first kappa shape index (κ1) is 19.6. The van der Waals surface area contributed by atoms with Crippen LogP contribution in [0.2, 0.25) is 0 Å². The summed E-state index contributed by atoms with van der Waals surface area (Å²) in [4.78, 5) is 22.2. The number of carbonyl (C=O) groups excluding carboxylic acids is 2. The van der Waals surface area contributed by atoms with Gasteiger partial charge in [-0.2, -0.15) is 0 Å². The van der Waals surface area contributed by atoms with Crippen molar-refractivity contribution in [3.8, 4) is 0 Å². The molecule has 0 radical (unpaired) electrons. The summed E-state index contributed by atoms with van der Waals surface area (Å²) < 4.78 is 37.9. The van der Waals surface area contributed by atoms with Gasteiger partial charge < -0.3 is 9.29 Å². The molecule has 8 heteroatoms. The van der Waals surface area contributed by atoms with Crippen molar-refractivity contribution >= 4 is 22.1 Å². The number of hydrogen-bond acceptors (Lipinski definition) is 6. The van der Waals surface area contributed by atoms with Crippen molar-refractivity contribution in [2.75, 3.05) is 0 Å². The van der Waals surface area contributed by atoms with Crippen LogP contribution in [0, 0.1) is 5.92 Å². The van der Waals surface area contributed by atoms with Crippen LogP contribution in [-0.4, -0.2) is 30.2 Å². The molecule has 0 aromatic rings. The Kier molecular flexibility index (Phi) is 8.67. The Hall–Kier alpha value is -0.353. The zero-order valence-electron chi connectivity index (χ0n) is 12.0. The summed E-state index contributed by atoms with van der Waals surface area (Å²) in [6.45, 7) is 2.03. The van der Waals surface area contributed by atoms with Crippen LogP contribution < -0.4 is 18.9 Å². The van der Waals surface area contributed by atoms with Gasteiger partial charge in [0.15, 0.2) is 0 Å². The maximum absolute atomic E-state index is 11.3. The van der Waals surface area contributed by atoms with E-state index in [1.54, 1.807) is 0 Å². The van der Waals surface area contributed by atoms with Gasteiger partial charge in [0.2, 0.25) is 0 Å². The van der Waals surface area contributed by atoms with E-state index in [2.05, 4.69) is 4.74 Å². The molecule has 1 rings (SSSR count). The SMILES string of the molecule is CCCCCCC(CC1CC(=O)OC1=O)S(=O)(=O)[O-].[Li+]. The minimum absolute atomic E-state index is 0. The Balaban J connectivity index is 0.00000361. The Bertz CT molecular complexity index is 433. The molecule has 0 N–H and O–H groups in total. The molecule has 1 fully saturated rings. The summed E-state index contributed by atoms with van der Waals surface area (Å²) in [5, 5.41) is -1.10. The third-order valence-corrected chi connectivity index (χ3v) is 4.54. The number of esters is 2. The quantitative estimate of drug-likeness (QED) is 0.175. The van der Waals surface area contributed by atoms with Gasteiger partial charge in [-0.1, -0.05) is 32.6 Å². The fourth-order valence-corrected chi connectivity index (χ4v) is 3.12. The Morgan fingerprint density at radius 2 is 1.95 bits per heavy atom. The van der Waals surface area contributed by atoms with Crippen LogP contribution >= 0.6 is 0 Å². The van der Waals surface area contributed by atoms with Crippen LogP contribution in [0.4, 0.5) is 0 Å². The predicted octanol–water partition coefficient (Wildman–Crippen LogP) is -1.65. The largest absolute Gasteiger partial charge is 1.00 e. The molecule has 1 saturated heterocycles. The molecule has 1 heterocycles. The summed E-state index contributed by atoms with van der Waals surface area (Å²) in [5.41, 5.74) is 0. The number of cyclic esters (lactones) is 2. The fraction of sp³-hybridized carbons (Fsp3) is 0.833. The molecule has 2 atom stereocenters. The minimum atomic E-state index is -4.45. The molecule has 6 nitrogen and oxygen atoms in total. The van der Waals surface area contributed by atoms with Crippen molar-refractivity contribution in [3.63, 3.8) is 0 Å². The van der Waals surface area contributed by atoms with Crippen molar-refractivity contribution in [1.29, 1.82) is 0 Å². The van der Waals surface area contributed by atoms with Crippen LogP contribution in [0.15, 0.2) is 0 Å². The second kappa shape index (κ2) is 8.83. The van der Waals surface area contributed by atoms with Gasteiger partial charge in [-0.15, -0.1) is 0 Å². The normalized spacial score (nSPS) is 20.4. The molecule has 0 amide bonds. The van der Waals surface area contributed by atoms with E-state index in [9.17, 15) is 22.6 Å². The minimum Gasteiger partial charge on any atom is -0.748 e. The first-order chi connectivity index (χ1) is 8.84. The van der Waals surface area contributed by atoms with E-state index in [0.29, 0.717) is 6.42 Å². The van der Waals surface area contributed by atoms with Crippen LogP contribution in [0.1, 0.15) is 51.9 Å². The van der Waals surface area contributed by atoms with E-state index in [0.717, 1.165) is 19.3 Å². The first-order valence-electron chi connectivity index (χ1n) is 6.53. The molecule has 2 unspecified atom stereocenters. The molecule has 1 aliphatic heterocycles. The zero-order chi connectivity index (χ0) is 14.5. The molecule has 0 bridgehead atoms. The van der Waals surface area contributed by atoms with Crippen molar-refractivity contribution in [2.24, 2.45) is 5.92 Å². The van der Waals surface area contributed by atoms with E-state index in [1.165, 1.54) is 0 Å². The van der Waals surface area contributed by atoms with E-state index in [4.69, 9.17) is 0 Å². The van der Waals surface area contributed by atoms with Gasteiger partial charge in [-0.3, -0.25) is 9.59 Å². The average molecular weight is 298 g/mol. The second-order valence-electron chi connectivity index (χ2n) is 4.89. The van der Waals surface area contributed by atoms with E-state index in [1.807, 2.05) is 6.92 Å². The molecule has 0 spiro atoms. The Labute approximate surface area is 131 Å². The number of rotatable bonds is 8. The summed E-state index contributed by atoms with van der Waals surface area (Å²) in [7, 11) is -4.45. The van der Waals surface area contributed by atoms with Gasteiger partial charge in [-0.05, 0) is 12.8 Å². The third-order valence-electron chi connectivity index (χ3n) is 3.30. The zero-order valence-corrected chi connectivity index (χ0v) is 12.8. The van der Waals surface area contributed by atoms with Crippen molar-refractivity contribution in [1.82, 2.24) is 0 Å². The molecule has 110 valence electrons. The van der Waals surface area contributed by atoms with Gasteiger partial charge in [-0.25, -0.2) is 8.42 Å². The van der Waals surface area contributed by atoms with Crippen LogP contribution in [-0.2, 0) is 24.4 Å². The second-order valence-corrected chi connectivity index (χ2v) is 6.55. The summed E-state index contributed by atoms with van der Waals surface area (Å²) >= 11 is 0. The van der Waals surface area contributed by atoms with Crippen LogP contribution in [0.25, 0.3) is 0 Å². The molecule has 0 saturated carbocycles. The molecule has 0 aromatic carbocycles. The smallest absolute Gasteiger partial charge is 0.748 e. The predicted molar refractivity (Wildman–Crippen MR) is 66.1 cm³/mol. The summed E-state index contributed by atoms with van der Waals surface area (Å²) in [6, 6.07) is 0. The standard InChI is InChI=1S/C12H20O6S.Li/c1-2-3-4-5-6-10(19(15,16)17)7-9-8-11(13)18-12(9)14;/h9-10H,2-8H2,1H3,(H,15,16,17);/q;+1/p-1. The van der Waals surface area contributed by atoms with Gasteiger partial charge in [0, 0.05) is 0 Å². The first-order valence-corrected chi connectivity index (χ1v) is 8.01. The van der Waals surface area contributed by atoms with Gasteiger partial charge in [0.05, 0.1) is 27.7 Å². The van der Waals surface area contributed by atoms with E-state index < -0.39 is 33.2 Å².